The highest BCUT2D eigenvalue weighted by molar-refractivity contribution is 6.00. The number of rotatable bonds is 5. The van der Waals surface area contributed by atoms with Crippen LogP contribution in [0.15, 0.2) is 23.8 Å². The van der Waals surface area contributed by atoms with Crippen molar-refractivity contribution in [1.29, 1.82) is 0 Å². The Morgan fingerprint density at radius 1 is 1.27 bits per heavy atom. The first-order valence-electron chi connectivity index (χ1n) is 7.19. The van der Waals surface area contributed by atoms with Crippen molar-refractivity contribution in [2.75, 3.05) is 20.8 Å². The fourth-order valence-electron chi connectivity index (χ4n) is 3.16. The Kier molecular flexibility index (Phi) is 5.04. The number of carbonyl (C=O) groups is 2. The van der Waals surface area contributed by atoms with E-state index in [-0.39, 0.29) is 25.4 Å². The second kappa shape index (κ2) is 6.80. The summed E-state index contributed by atoms with van der Waals surface area (Å²) < 4.78 is 9.69. The summed E-state index contributed by atoms with van der Waals surface area (Å²) in [7, 11) is 2.49. The van der Waals surface area contributed by atoms with Crippen molar-refractivity contribution in [3.8, 4) is 11.8 Å². The first-order chi connectivity index (χ1) is 10.6. The molecule has 0 amide bonds. The van der Waals surface area contributed by atoms with E-state index in [1.807, 2.05) is 0 Å². The van der Waals surface area contributed by atoms with Gasteiger partial charge in [-0.2, -0.15) is 0 Å². The van der Waals surface area contributed by atoms with Crippen LogP contribution >= 0.6 is 0 Å². The summed E-state index contributed by atoms with van der Waals surface area (Å²) in [5, 5.41) is 8.80. The quantitative estimate of drug-likeness (QED) is 0.358. The molecule has 0 fully saturated rings. The van der Waals surface area contributed by atoms with Crippen molar-refractivity contribution in [2.45, 2.75) is 19.3 Å². The monoisotopic (exact) mass is 304 g/mol. The third-order valence-corrected chi connectivity index (χ3v) is 4.27. The molecule has 2 aliphatic carbocycles. The lowest BCUT2D eigenvalue weighted by atomic mass is 9.76. The summed E-state index contributed by atoms with van der Waals surface area (Å²) >= 11 is 0. The molecule has 5 nitrogen and oxygen atoms in total. The van der Waals surface area contributed by atoms with Gasteiger partial charge in [0.2, 0.25) is 0 Å². The van der Waals surface area contributed by atoms with E-state index in [2.05, 4.69) is 30.1 Å². The number of fused-ring (bicyclic) bond motifs is 2. The van der Waals surface area contributed by atoms with Gasteiger partial charge in [-0.25, -0.2) is 0 Å². The third-order valence-electron chi connectivity index (χ3n) is 4.27. The number of allylic oxidation sites excluding steroid dienone is 4. The Balaban J connectivity index is 2.31. The van der Waals surface area contributed by atoms with Crippen LogP contribution in [0.2, 0.25) is 0 Å². The number of methoxy groups -OCH3 is 2. The van der Waals surface area contributed by atoms with Gasteiger partial charge in [0.05, 0.1) is 14.2 Å². The lowest BCUT2D eigenvalue weighted by Gasteiger charge is -2.28. The molecule has 2 rings (SSSR count). The molecular weight excluding hydrogens is 284 g/mol. The van der Waals surface area contributed by atoms with Gasteiger partial charge in [0.1, 0.15) is 6.61 Å². The molecule has 0 heterocycles. The Morgan fingerprint density at radius 2 is 1.95 bits per heavy atom. The Bertz CT molecular complexity index is 560. The summed E-state index contributed by atoms with van der Waals surface area (Å²) in [4.78, 5) is 24.6. The maximum Gasteiger partial charge on any atom is 0.324 e. The molecule has 22 heavy (non-hydrogen) atoms. The Hall–Kier alpha value is -2.06. The van der Waals surface area contributed by atoms with Crippen molar-refractivity contribution >= 4 is 11.9 Å². The van der Waals surface area contributed by atoms with Crippen LogP contribution in [-0.4, -0.2) is 37.9 Å². The van der Waals surface area contributed by atoms with Gasteiger partial charge >= 0.3 is 11.9 Å². The van der Waals surface area contributed by atoms with E-state index >= 15 is 0 Å². The molecule has 118 valence electrons. The Morgan fingerprint density at radius 3 is 2.41 bits per heavy atom. The summed E-state index contributed by atoms with van der Waals surface area (Å²) in [5.41, 5.74) is -0.426. The number of aliphatic hydroxyl groups is 1. The van der Waals surface area contributed by atoms with Crippen LogP contribution in [0.3, 0.4) is 0 Å². The average Bonchev–Trinajstić information content (AvgIpc) is 3.15. The summed E-state index contributed by atoms with van der Waals surface area (Å²) in [5.74, 6) is 4.50. The number of hydrogen-bond acceptors (Lipinski definition) is 5. The molecule has 0 saturated carbocycles. The predicted molar refractivity (Wildman–Crippen MR) is 79.4 cm³/mol. The normalized spacial score (nSPS) is 21.9. The lowest BCUT2D eigenvalue weighted by molar-refractivity contribution is -0.168. The van der Waals surface area contributed by atoms with Crippen molar-refractivity contribution in [3.05, 3.63) is 23.8 Å². The van der Waals surface area contributed by atoms with Gasteiger partial charge in [-0.15, -0.1) is 0 Å². The van der Waals surface area contributed by atoms with Crippen LogP contribution in [-0.2, 0) is 19.1 Å². The molecule has 0 aromatic rings. The van der Waals surface area contributed by atoms with E-state index in [1.54, 1.807) is 0 Å². The molecule has 2 unspecified atom stereocenters. The van der Waals surface area contributed by atoms with Crippen molar-refractivity contribution in [3.63, 3.8) is 0 Å². The molecule has 2 bridgehead atoms. The maximum absolute atomic E-state index is 12.3. The molecule has 2 atom stereocenters. The maximum atomic E-state index is 12.3. The third kappa shape index (κ3) is 2.93. The second-order valence-corrected chi connectivity index (χ2v) is 5.56. The summed E-state index contributed by atoms with van der Waals surface area (Å²) in [6.07, 6.45) is 7.54. The predicted octanol–water partition coefficient (Wildman–Crippen LogP) is 1.23. The van der Waals surface area contributed by atoms with Crippen LogP contribution in [0.4, 0.5) is 0 Å². The van der Waals surface area contributed by atoms with E-state index in [0.29, 0.717) is 5.92 Å². The first kappa shape index (κ1) is 16.3. The van der Waals surface area contributed by atoms with E-state index < -0.39 is 17.4 Å². The van der Waals surface area contributed by atoms with E-state index in [4.69, 9.17) is 14.6 Å². The van der Waals surface area contributed by atoms with E-state index in [0.717, 1.165) is 12.0 Å². The van der Waals surface area contributed by atoms with E-state index in [1.165, 1.54) is 14.2 Å². The standard InChI is InChI=1S/C17H20O5/c1-21-15(19)17(16(20)22-2,7-3-4-8-18)11-14-10-12-5-6-13(14)9-12/h5-6,10,12-13,18H,7-9,11H2,1-2H3. The number of carbonyl (C=O) groups excluding carboxylic acids is 2. The van der Waals surface area contributed by atoms with Crippen molar-refractivity contribution < 1.29 is 24.2 Å². The number of aliphatic hydroxyl groups excluding tert-OH is 1. The average molecular weight is 304 g/mol. The number of ether oxygens (including phenoxy) is 2. The number of hydrogen-bond donors (Lipinski definition) is 1. The van der Waals surface area contributed by atoms with Crippen molar-refractivity contribution in [2.24, 2.45) is 17.3 Å². The van der Waals surface area contributed by atoms with Gasteiger partial charge in [0.15, 0.2) is 5.41 Å². The highest BCUT2D eigenvalue weighted by Crippen LogP contribution is 2.45. The summed E-state index contributed by atoms with van der Waals surface area (Å²) in [6.45, 7) is -0.325. The molecule has 0 radical (unpaired) electrons. The van der Waals surface area contributed by atoms with Crippen LogP contribution < -0.4 is 0 Å². The second-order valence-electron chi connectivity index (χ2n) is 5.56. The minimum atomic E-state index is -1.48. The SMILES string of the molecule is COC(=O)C(CC#CCO)(CC1=CC2C=CC1C2)C(=O)OC. The van der Waals surface area contributed by atoms with Gasteiger partial charge in [-0.05, 0) is 24.7 Å². The topological polar surface area (TPSA) is 72.8 Å². The van der Waals surface area contributed by atoms with Crippen LogP contribution in [0.5, 0.6) is 0 Å². The number of esters is 2. The highest BCUT2D eigenvalue weighted by atomic mass is 16.5. The fraction of sp³-hybridized carbons (Fsp3) is 0.529. The van der Waals surface area contributed by atoms with Crippen molar-refractivity contribution in [1.82, 2.24) is 0 Å². The highest BCUT2D eigenvalue weighted by Gasteiger charge is 2.50. The molecule has 0 aromatic heterocycles. The molecular formula is C17H20O5. The molecule has 0 spiro atoms. The van der Waals surface area contributed by atoms with Crippen LogP contribution in [0.25, 0.3) is 0 Å². The smallest absolute Gasteiger partial charge is 0.324 e. The zero-order valence-corrected chi connectivity index (χ0v) is 12.8. The first-order valence-corrected chi connectivity index (χ1v) is 7.19. The molecule has 0 aromatic carbocycles. The zero-order valence-electron chi connectivity index (χ0n) is 12.8. The Labute approximate surface area is 130 Å². The lowest BCUT2D eigenvalue weighted by Crippen LogP contribution is -2.41. The molecule has 0 aliphatic heterocycles. The van der Waals surface area contributed by atoms with E-state index in [9.17, 15) is 9.59 Å². The minimum Gasteiger partial charge on any atom is -0.468 e. The van der Waals surface area contributed by atoms with Gasteiger partial charge in [-0.3, -0.25) is 9.59 Å². The zero-order chi connectivity index (χ0) is 16.2. The van der Waals surface area contributed by atoms with Gasteiger partial charge in [0, 0.05) is 6.42 Å². The minimum absolute atomic E-state index is 0.0364. The molecule has 2 aliphatic rings. The molecule has 1 N–H and O–H groups in total. The van der Waals surface area contributed by atoms with Crippen LogP contribution in [0, 0.1) is 29.1 Å². The van der Waals surface area contributed by atoms with Gasteiger partial charge in [0.25, 0.3) is 0 Å². The van der Waals surface area contributed by atoms with Gasteiger partial charge in [-0.1, -0.05) is 35.6 Å². The van der Waals surface area contributed by atoms with Gasteiger partial charge < -0.3 is 14.6 Å². The van der Waals surface area contributed by atoms with Crippen LogP contribution in [0.1, 0.15) is 19.3 Å². The summed E-state index contributed by atoms with van der Waals surface area (Å²) in [6, 6.07) is 0. The fourth-order valence-corrected chi connectivity index (χ4v) is 3.16. The molecule has 0 saturated heterocycles. The largest absolute Gasteiger partial charge is 0.468 e. The molecule has 5 heteroatoms.